The van der Waals surface area contributed by atoms with E-state index in [2.05, 4.69) is 0 Å². The number of ketones is 1. The third-order valence-corrected chi connectivity index (χ3v) is 4.39. The molecule has 0 heterocycles. The molecule has 1 radical (unpaired) electrons. The van der Waals surface area contributed by atoms with Crippen LogP contribution in [0, 0.1) is 5.92 Å². The van der Waals surface area contributed by atoms with Crippen molar-refractivity contribution in [2.45, 2.75) is 48.5 Å². The van der Waals surface area contributed by atoms with E-state index in [1.165, 1.54) is 0 Å². The number of carbonyl (C=O) groups excluding carboxylic acids is 1. The van der Waals surface area contributed by atoms with Crippen molar-refractivity contribution in [1.82, 2.24) is 0 Å². The van der Waals surface area contributed by atoms with Gasteiger partial charge in [0.05, 0.1) is 5.92 Å². The summed E-state index contributed by atoms with van der Waals surface area (Å²) < 4.78 is 0. The molecule has 0 aromatic carbocycles. The zero-order valence-corrected chi connectivity index (χ0v) is 17.3. The summed E-state index contributed by atoms with van der Waals surface area (Å²) in [5.74, 6) is -1.83. The van der Waals surface area contributed by atoms with Gasteiger partial charge in [0.25, 0.3) is 0 Å². The molecule has 0 bridgehead atoms. The second-order valence-corrected chi connectivity index (χ2v) is 5.32. The molecule has 0 amide bonds. The van der Waals surface area contributed by atoms with Gasteiger partial charge >= 0.3 is 5.97 Å². The monoisotopic (exact) mass is 377 g/mol. The summed E-state index contributed by atoms with van der Waals surface area (Å²) >= 11 is 0. The zero-order chi connectivity index (χ0) is 16.5. The van der Waals surface area contributed by atoms with Crippen LogP contribution in [0.2, 0.25) is 0 Å². The van der Waals surface area contributed by atoms with Gasteiger partial charge in [0.1, 0.15) is 5.57 Å². The average molecular weight is 377 g/mol. The second kappa shape index (κ2) is 8.17. The minimum Gasteiger partial charge on any atom is -0.478 e. The number of carbonyl (C=O) groups is 2. The van der Waals surface area contributed by atoms with E-state index in [-0.39, 0.29) is 44.1 Å². The van der Waals surface area contributed by atoms with Crippen LogP contribution in [-0.2, 0) is 42.3 Å². The van der Waals surface area contributed by atoms with Gasteiger partial charge in [0.2, 0.25) is 0 Å². The minimum atomic E-state index is -1.13. The number of carboxylic acid groups (broad SMARTS) is 1. The molecule has 0 aromatic rings. The molecule has 0 fully saturated rings. The van der Waals surface area contributed by atoms with Crippen LogP contribution in [0.25, 0.3) is 0 Å². The van der Waals surface area contributed by atoms with Gasteiger partial charge in [-0.25, -0.2) is 4.79 Å². The standard InChI is InChI=1S/C16H18O3.C2H6.Y/c1-7-6-12-9(3)11(5)14(16(18)19)15(17)13(12)10(4)8(7)2;1-2;/h6,13H,1-5H3,(H,18,19);1-2H3;. The molecular weight excluding hydrogens is 353 g/mol. The fourth-order valence-corrected chi connectivity index (χ4v) is 2.85. The number of hydrogen-bond acceptors (Lipinski definition) is 2. The number of aliphatic carboxylic acids is 1. The Morgan fingerprint density at radius 2 is 1.50 bits per heavy atom. The van der Waals surface area contributed by atoms with E-state index in [1.54, 1.807) is 6.92 Å². The van der Waals surface area contributed by atoms with Crippen LogP contribution in [0.5, 0.6) is 0 Å². The van der Waals surface area contributed by atoms with Crippen LogP contribution >= 0.6 is 0 Å². The van der Waals surface area contributed by atoms with Gasteiger partial charge in [0, 0.05) is 32.7 Å². The Balaban J connectivity index is 0.00000141. The fraction of sp³-hybridized carbons (Fsp3) is 0.444. The summed E-state index contributed by atoms with van der Waals surface area (Å²) in [4.78, 5) is 23.8. The summed E-state index contributed by atoms with van der Waals surface area (Å²) in [6.45, 7) is 13.5. The summed E-state index contributed by atoms with van der Waals surface area (Å²) in [6.07, 6.45) is 2.02. The van der Waals surface area contributed by atoms with Gasteiger partial charge in [-0.2, -0.15) is 0 Å². The van der Waals surface area contributed by atoms with E-state index >= 15 is 0 Å². The van der Waals surface area contributed by atoms with Gasteiger partial charge in [-0.1, -0.05) is 25.5 Å². The van der Waals surface area contributed by atoms with Crippen molar-refractivity contribution in [2.75, 3.05) is 0 Å². The van der Waals surface area contributed by atoms with Crippen LogP contribution in [0.1, 0.15) is 48.5 Å². The molecule has 1 N–H and O–H groups in total. The Morgan fingerprint density at radius 3 is 1.95 bits per heavy atom. The van der Waals surface area contributed by atoms with E-state index < -0.39 is 11.9 Å². The molecule has 2 rings (SSSR count). The molecule has 117 valence electrons. The van der Waals surface area contributed by atoms with E-state index in [0.717, 1.165) is 27.9 Å². The molecule has 4 heteroatoms. The van der Waals surface area contributed by atoms with E-state index in [1.807, 2.05) is 47.6 Å². The molecule has 2 aliphatic rings. The number of carboxylic acids is 1. The largest absolute Gasteiger partial charge is 0.478 e. The number of allylic oxidation sites excluding steroid dienone is 7. The zero-order valence-electron chi connectivity index (χ0n) is 14.5. The number of rotatable bonds is 1. The van der Waals surface area contributed by atoms with Crippen LogP contribution in [-0.4, -0.2) is 16.9 Å². The maximum Gasteiger partial charge on any atom is 0.339 e. The first-order chi connectivity index (χ1) is 9.77. The SMILES string of the molecule is CC.CC1=CC2=C(C)C(C)=C(C(=O)O)C(=O)C2C(C)=C1C.[Y]. The first-order valence-corrected chi connectivity index (χ1v) is 7.33. The average Bonchev–Trinajstić information content (AvgIpc) is 2.44. The Morgan fingerprint density at radius 1 is 1.00 bits per heavy atom. The first kappa shape index (κ1) is 21.2. The third-order valence-electron chi connectivity index (χ3n) is 4.39. The molecule has 0 aliphatic heterocycles. The predicted octanol–water partition coefficient (Wildman–Crippen LogP) is 4.22. The molecule has 0 saturated heterocycles. The van der Waals surface area contributed by atoms with Crippen LogP contribution in [0.4, 0.5) is 0 Å². The van der Waals surface area contributed by atoms with Crippen molar-refractivity contribution in [3.63, 3.8) is 0 Å². The van der Waals surface area contributed by atoms with E-state index in [4.69, 9.17) is 0 Å². The Hall–Kier alpha value is -0.796. The molecule has 22 heavy (non-hydrogen) atoms. The molecule has 3 nitrogen and oxygen atoms in total. The molecule has 0 saturated carbocycles. The van der Waals surface area contributed by atoms with Crippen molar-refractivity contribution in [1.29, 1.82) is 0 Å². The van der Waals surface area contributed by atoms with E-state index in [0.29, 0.717) is 5.57 Å². The third kappa shape index (κ3) is 3.41. The van der Waals surface area contributed by atoms with Gasteiger partial charge in [-0.05, 0) is 62.5 Å². The smallest absolute Gasteiger partial charge is 0.339 e. The molecule has 1 unspecified atom stereocenters. The van der Waals surface area contributed by atoms with Crippen LogP contribution in [0.15, 0.2) is 45.1 Å². The Kier molecular flexibility index (Phi) is 7.87. The molecule has 0 aromatic heterocycles. The summed E-state index contributed by atoms with van der Waals surface area (Å²) in [6, 6.07) is 0. The Labute approximate surface area is 158 Å². The normalized spacial score (nSPS) is 20.8. The van der Waals surface area contributed by atoms with Gasteiger partial charge in [-0.15, -0.1) is 0 Å². The molecule has 0 spiro atoms. The van der Waals surface area contributed by atoms with Crippen molar-refractivity contribution < 1.29 is 47.4 Å². The quantitative estimate of drug-likeness (QED) is 0.696. The van der Waals surface area contributed by atoms with E-state index in [9.17, 15) is 14.7 Å². The molecule has 1 atom stereocenters. The predicted molar refractivity (Wildman–Crippen MR) is 85.0 cm³/mol. The van der Waals surface area contributed by atoms with Gasteiger partial charge in [-0.3, -0.25) is 4.79 Å². The fourth-order valence-electron chi connectivity index (χ4n) is 2.85. The summed E-state index contributed by atoms with van der Waals surface area (Å²) in [5, 5.41) is 9.26. The van der Waals surface area contributed by atoms with Crippen molar-refractivity contribution >= 4 is 11.8 Å². The maximum absolute atomic E-state index is 12.5. The second-order valence-electron chi connectivity index (χ2n) is 5.32. The van der Waals surface area contributed by atoms with Gasteiger partial charge in [0.15, 0.2) is 5.78 Å². The first-order valence-electron chi connectivity index (χ1n) is 7.33. The van der Waals surface area contributed by atoms with Crippen LogP contribution in [0.3, 0.4) is 0 Å². The van der Waals surface area contributed by atoms with Gasteiger partial charge < -0.3 is 5.11 Å². The number of fused-ring (bicyclic) bond motifs is 1. The molecule has 2 aliphatic carbocycles. The molecular formula is C18H24O3Y. The Bertz CT molecular complexity index is 631. The topological polar surface area (TPSA) is 54.4 Å². The van der Waals surface area contributed by atoms with Crippen molar-refractivity contribution in [3.8, 4) is 0 Å². The van der Waals surface area contributed by atoms with Crippen molar-refractivity contribution in [3.05, 3.63) is 45.1 Å². The number of hydrogen-bond donors (Lipinski definition) is 1. The maximum atomic E-state index is 12.5. The van der Waals surface area contributed by atoms with Crippen LogP contribution < -0.4 is 0 Å². The summed E-state index contributed by atoms with van der Waals surface area (Å²) in [7, 11) is 0. The minimum absolute atomic E-state index is 0. The summed E-state index contributed by atoms with van der Waals surface area (Å²) in [5.41, 5.74) is 5.57. The van der Waals surface area contributed by atoms with Crippen molar-refractivity contribution in [2.24, 2.45) is 5.92 Å². The number of Topliss-reactive ketones (excluding diaryl/α,β-unsaturated/α-hetero) is 1.